The molecule has 1 amide bonds. The quantitative estimate of drug-likeness (QED) is 0.488. The van der Waals surface area contributed by atoms with Gasteiger partial charge in [-0.3, -0.25) is 9.59 Å². The highest BCUT2D eigenvalue weighted by Gasteiger charge is 2.18. The molecule has 2 aromatic carbocycles. The number of fused-ring (bicyclic) bond motifs is 1. The number of hydrogen-bond acceptors (Lipinski definition) is 4. The minimum atomic E-state index is -0.219. The number of rotatable bonds is 7. The highest BCUT2D eigenvalue weighted by atomic mass is 16.1. The van der Waals surface area contributed by atoms with Gasteiger partial charge in [0.2, 0.25) is 11.7 Å². The fourth-order valence-corrected chi connectivity index (χ4v) is 3.92. The Kier molecular flexibility index (Phi) is 6.16. The minimum absolute atomic E-state index is 0.0845. The predicted octanol–water partition coefficient (Wildman–Crippen LogP) is 3.44. The number of carbonyl (C=O) groups is 1. The van der Waals surface area contributed by atoms with Crippen molar-refractivity contribution >= 4 is 11.7 Å². The van der Waals surface area contributed by atoms with Crippen LogP contribution in [0.15, 0.2) is 59.4 Å². The average Bonchev–Trinajstić information content (AvgIpc) is 3.25. The highest BCUT2D eigenvalue weighted by molar-refractivity contribution is 5.76. The lowest BCUT2D eigenvalue weighted by Gasteiger charge is -2.14. The Hall–Kier alpha value is -3.74. The van der Waals surface area contributed by atoms with E-state index in [1.54, 1.807) is 0 Å². The van der Waals surface area contributed by atoms with Crippen LogP contribution in [0.25, 0.3) is 17.2 Å². The first-order valence-corrected chi connectivity index (χ1v) is 10.8. The summed E-state index contributed by atoms with van der Waals surface area (Å²) in [7, 11) is 0. The Labute approximate surface area is 186 Å². The molecule has 0 fully saturated rings. The maximum Gasteiger partial charge on any atom is 0.279 e. The van der Waals surface area contributed by atoms with Crippen molar-refractivity contribution in [2.24, 2.45) is 0 Å². The molecular weight excluding hydrogens is 402 g/mol. The van der Waals surface area contributed by atoms with Gasteiger partial charge in [-0.05, 0) is 38.3 Å². The normalized spacial score (nSPS) is 11.1. The van der Waals surface area contributed by atoms with E-state index in [-0.39, 0.29) is 17.9 Å². The molecule has 164 valence electrons. The van der Waals surface area contributed by atoms with Crippen LogP contribution in [0.2, 0.25) is 0 Å². The van der Waals surface area contributed by atoms with Crippen molar-refractivity contribution in [3.05, 3.63) is 87.3 Å². The van der Waals surface area contributed by atoms with Gasteiger partial charge in [-0.15, -0.1) is 5.10 Å². The van der Waals surface area contributed by atoms with Crippen molar-refractivity contribution in [1.82, 2.24) is 24.5 Å². The summed E-state index contributed by atoms with van der Waals surface area (Å²) in [5, 5.41) is 7.44. The molecule has 0 aliphatic heterocycles. The first-order valence-electron chi connectivity index (χ1n) is 10.8. The molecule has 4 rings (SSSR count). The molecule has 32 heavy (non-hydrogen) atoms. The van der Waals surface area contributed by atoms with Crippen LogP contribution in [0.3, 0.4) is 0 Å². The number of benzene rings is 2. The lowest BCUT2D eigenvalue weighted by Crippen LogP contribution is -2.28. The van der Waals surface area contributed by atoms with E-state index in [0.717, 1.165) is 22.4 Å². The Morgan fingerprint density at radius 3 is 2.47 bits per heavy atom. The number of nitrogens with zero attached hydrogens (tertiary/aromatic N) is 4. The number of nitrogens with one attached hydrogen (secondary N) is 1. The van der Waals surface area contributed by atoms with Gasteiger partial charge in [0.1, 0.15) is 0 Å². The molecule has 1 N–H and O–H groups in total. The second-order valence-electron chi connectivity index (χ2n) is 7.83. The van der Waals surface area contributed by atoms with Gasteiger partial charge >= 0.3 is 0 Å². The van der Waals surface area contributed by atoms with E-state index in [1.165, 1.54) is 4.52 Å². The zero-order chi connectivity index (χ0) is 22.7. The molecule has 0 unspecified atom stereocenters. The molecule has 7 nitrogen and oxygen atoms in total. The second-order valence-corrected chi connectivity index (χ2v) is 7.83. The van der Waals surface area contributed by atoms with Crippen LogP contribution in [0.4, 0.5) is 0 Å². The summed E-state index contributed by atoms with van der Waals surface area (Å²) < 4.78 is 3.33. The number of carbonyl (C=O) groups excluding carboxylic acids is 1. The summed E-state index contributed by atoms with van der Waals surface area (Å²) in [5.41, 5.74) is 4.28. The van der Waals surface area contributed by atoms with Crippen LogP contribution in [0, 0.1) is 13.8 Å². The van der Waals surface area contributed by atoms with Gasteiger partial charge in [0.15, 0.2) is 5.82 Å². The van der Waals surface area contributed by atoms with Gasteiger partial charge in [-0.25, -0.2) is 0 Å². The third-order valence-electron chi connectivity index (χ3n) is 5.81. The first-order chi connectivity index (χ1) is 15.5. The van der Waals surface area contributed by atoms with Gasteiger partial charge in [-0.1, -0.05) is 54.6 Å². The lowest BCUT2D eigenvalue weighted by atomic mass is 10.1. The van der Waals surface area contributed by atoms with Crippen LogP contribution in [-0.2, 0) is 24.3 Å². The Morgan fingerprint density at radius 1 is 1.03 bits per heavy atom. The summed E-state index contributed by atoms with van der Waals surface area (Å²) in [6.07, 6.45) is 0.582. The summed E-state index contributed by atoms with van der Waals surface area (Å²) >= 11 is 0. The number of aromatic nitrogens is 4. The van der Waals surface area contributed by atoms with Crippen LogP contribution < -0.4 is 10.9 Å². The molecule has 0 radical (unpaired) electrons. The average molecular weight is 430 g/mol. The van der Waals surface area contributed by atoms with Gasteiger partial charge < -0.3 is 9.88 Å². The molecular formula is C25H27N5O2. The van der Waals surface area contributed by atoms with E-state index in [2.05, 4.69) is 15.4 Å². The van der Waals surface area contributed by atoms with Crippen molar-refractivity contribution in [3.63, 3.8) is 0 Å². The van der Waals surface area contributed by atoms with Crippen molar-refractivity contribution in [3.8, 4) is 11.4 Å². The fourth-order valence-electron chi connectivity index (χ4n) is 3.92. The SMILES string of the molecule is CCn1c(C)c(CCC(=O)NCc2ccccc2C)c(=O)n2nc(-c3ccccc3)nc12. The van der Waals surface area contributed by atoms with Crippen molar-refractivity contribution < 1.29 is 4.79 Å². The van der Waals surface area contributed by atoms with E-state index in [4.69, 9.17) is 0 Å². The molecule has 4 aromatic rings. The largest absolute Gasteiger partial charge is 0.352 e. The van der Waals surface area contributed by atoms with Crippen molar-refractivity contribution in [2.45, 2.75) is 46.7 Å². The Balaban J connectivity index is 1.58. The molecule has 2 heterocycles. The number of amides is 1. The zero-order valence-corrected chi connectivity index (χ0v) is 18.6. The van der Waals surface area contributed by atoms with Crippen molar-refractivity contribution in [1.29, 1.82) is 0 Å². The van der Waals surface area contributed by atoms with E-state index < -0.39 is 0 Å². The third-order valence-corrected chi connectivity index (χ3v) is 5.81. The van der Waals surface area contributed by atoms with Crippen LogP contribution in [-0.4, -0.2) is 25.1 Å². The molecule has 2 aromatic heterocycles. The summed E-state index contributed by atoms with van der Waals surface area (Å²) in [6.45, 7) is 7.06. The lowest BCUT2D eigenvalue weighted by molar-refractivity contribution is -0.121. The van der Waals surface area contributed by atoms with Gasteiger partial charge in [0.05, 0.1) is 0 Å². The van der Waals surface area contributed by atoms with E-state index in [0.29, 0.717) is 36.7 Å². The van der Waals surface area contributed by atoms with Crippen LogP contribution in [0.5, 0.6) is 0 Å². The number of hydrogen-bond donors (Lipinski definition) is 1. The Bertz CT molecular complexity index is 1320. The van der Waals surface area contributed by atoms with E-state index >= 15 is 0 Å². The summed E-state index contributed by atoms with van der Waals surface area (Å²) in [4.78, 5) is 30.3. The van der Waals surface area contributed by atoms with Gasteiger partial charge in [0.25, 0.3) is 5.56 Å². The predicted molar refractivity (Wildman–Crippen MR) is 124 cm³/mol. The van der Waals surface area contributed by atoms with Crippen LogP contribution in [0.1, 0.15) is 35.7 Å². The molecule has 0 spiro atoms. The van der Waals surface area contributed by atoms with Crippen LogP contribution >= 0.6 is 0 Å². The molecule has 7 heteroatoms. The molecule has 0 aliphatic carbocycles. The van der Waals surface area contributed by atoms with Gasteiger partial charge in [0, 0.05) is 36.3 Å². The summed E-state index contributed by atoms with van der Waals surface area (Å²) in [5.74, 6) is 0.942. The molecule has 0 atom stereocenters. The molecule has 0 bridgehead atoms. The van der Waals surface area contributed by atoms with E-state index in [9.17, 15) is 9.59 Å². The van der Waals surface area contributed by atoms with E-state index in [1.807, 2.05) is 79.9 Å². The Morgan fingerprint density at radius 2 is 1.75 bits per heavy atom. The highest BCUT2D eigenvalue weighted by Crippen LogP contribution is 2.17. The topological polar surface area (TPSA) is 81.3 Å². The maximum absolute atomic E-state index is 13.2. The molecule has 0 saturated heterocycles. The first kappa shape index (κ1) is 21.5. The standard InChI is InChI=1S/C25H27N5O2/c1-4-29-18(3)21(14-15-22(31)26-16-20-13-9-8-10-17(20)2)24(32)30-25(29)27-23(28-30)19-11-6-5-7-12-19/h5-13H,4,14-16H2,1-3H3,(H,26,31). The third kappa shape index (κ3) is 4.19. The zero-order valence-electron chi connectivity index (χ0n) is 18.6. The summed E-state index contributed by atoms with van der Waals surface area (Å²) in [6, 6.07) is 17.6. The maximum atomic E-state index is 13.2. The monoisotopic (exact) mass is 429 g/mol. The van der Waals surface area contributed by atoms with Crippen molar-refractivity contribution in [2.75, 3.05) is 0 Å². The van der Waals surface area contributed by atoms with Gasteiger partial charge in [-0.2, -0.15) is 9.50 Å². The minimum Gasteiger partial charge on any atom is -0.352 e. The smallest absolute Gasteiger partial charge is 0.279 e. The number of aryl methyl sites for hydroxylation is 2. The molecule has 0 saturated carbocycles. The molecule has 0 aliphatic rings. The fraction of sp³-hybridized carbons (Fsp3) is 0.280. The second kappa shape index (κ2) is 9.18.